The number of hydrogen-bond acceptors (Lipinski definition) is 7. The molecule has 2 aromatic rings. The molecule has 10 nitrogen and oxygen atoms in total. The number of fused-ring (bicyclic) bond motifs is 1. The Balaban J connectivity index is 1.57. The van der Waals surface area contributed by atoms with Crippen LogP contribution in [0.5, 0.6) is 0 Å². The summed E-state index contributed by atoms with van der Waals surface area (Å²) in [5, 5.41) is 4.90. The number of hydrazine groups is 1. The Morgan fingerprint density at radius 2 is 1.95 bits per heavy atom. The van der Waals surface area contributed by atoms with Crippen LogP contribution in [-0.2, 0) is 30.3 Å². The smallest absolute Gasteiger partial charge is 0.316 e. The Morgan fingerprint density at radius 3 is 2.63 bits per heavy atom. The first-order chi connectivity index (χ1) is 17.9. The summed E-state index contributed by atoms with van der Waals surface area (Å²) in [6.07, 6.45) is 4.44. The molecule has 204 valence electrons. The van der Waals surface area contributed by atoms with Gasteiger partial charge in [-0.3, -0.25) is 29.2 Å². The second kappa shape index (κ2) is 12.2. The largest absolute Gasteiger partial charge is 0.452 e. The summed E-state index contributed by atoms with van der Waals surface area (Å²) in [5.74, 6) is -2.14. The number of benzene rings is 1. The number of carbonyl (C=O) groups is 4. The number of rotatable bonds is 9. The first kappa shape index (κ1) is 28.8. The molecule has 3 unspecified atom stereocenters. The number of hydrogen-bond donors (Lipinski definition) is 3. The average Bonchev–Trinajstić information content (AvgIpc) is 2.90. The van der Waals surface area contributed by atoms with Crippen molar-refractivity contribution < 1.29 is 23.9 Å². The van der Waals surface area contributed by atoms with Gasteiger partial charge in [-0.1, -0.05) is 37.3 Å². The third-order valence-electron chi connectivity index (χ3n) is 6.53. The number of pyridine rings is 1. The van der Waals surface area contributed by atoms with Crippen LogP contribution in [0, 0.1) is 5.41 Å². The number of nitrogens with zero attached hydrogens (tertiary/aromatic N) is 2. The molecular formula is C28H37N5O5. The molecule has 1 saturated heterocycles. The average molecular weight is 524 g/mol. The van der Waals surface area contributed by atoms with E-state index in [1.54, 1.807) is 19.9 Å². The monoisotopic (exact) mass is 523 g/mol. The molecule has 1 aliphatic heterocycles. The first-order valence-corrected chi connectivity index (χ1v) is 12.9. The van der Waals surface area contributed by atoms with Crippen molar-refractivity contribution in [1.29, 1.82) is 0 Å². The third kappa shape index (κ3) is 7.16. The Morgan fingerprint density at radius 1 is 1.24 bits per heavy atom. The normalized spacial score (nSPS) is 17.7. The zero-order valence-electron chi connectivity index (χ0n) is 22.6. The van der Waals surface area contributed by atoms with E-state index in [1.807, 2.05) is 36.4 Å². The van der Waals surface area contributed by atoms with Crippen molar-refractivity contribution in [2.75, 3.05) is 6.54 Å². The molecule has 38 heavy (non-hydrogen) atoms. The molecule has 0 bridgehead atoms. The van der Waals surface area contributed by atoms with Crippen molar-refractivity contribution in [2.24, 2.45) is 11.1 Å². The lowest BCUT2D eigenvalue weighted by Gasteiger charge is -2.34. The lowest BCUT2D eigenvalue weighted by Crippen LogP contribution is -2.60. The fourth-order valence-electron chi connectivity index (χ4n) is 3.99. The lowest BCUT2D eigenvalue weighted by molar-refractivity contribution is -0.161. The van der Waals surface area contributed by atoms with Crippen LogP contribution in [-0.4, -0.2) is 58.4 Å². The van der Waals surface area contributed by atoms with E-state index in [9.17, 15) is 19.2 Å². The number of esters is 1. The quantitative estimate of drug-likeness (QED) is 0.428. The highest BCUT2D eigenvalue weighted by Crippen LogP contribution is 2.23. The van der Waals surface area contributed by atoms with E-state index >= 15 is 0 Å². The second-order valence-corrected chi connectivity index (χ2v) is 10.2. The predicted octanol–water partition coefficient (Wildman–Crippen LogP) is 2.25. The zero-order chi connectivity index (χ0) is 28.0. The van der Waals surface area contributed by atoms with Gasteiger partial charge in [-0.2, -0.15) is 0 Å². The van der Waals surface area contributed by atoms with Gasteiger partial charge in [0.2, 0.25) is 5.91 Å². The van der Waals surface area contributed by atoms with Crippen LogP contribution in [0.2, 0.25) is 0 Å². The maximum atomic E-state index is 12.9. The number of nitrogens with two attached hydrogens (primary N) is 1. The standard InChI is InChI=1S/C28H37N5O5/c1-6-21-12-11-20-10-9-19(16-23(20)31-21)13-14-28(4,5)27(37)38-18(3)25(35)30-17(2)26(36)33-15-7-8-22(32-33)24(29)34/h9-14,16-18,22,32H,6-8,15H2,1-5H3,(H2,29,34)(H,30,35)/b14-13+. The van der Waals surface area contributed by atoms with Crippen LogP contribution in [0.25, 0.3) is 17.0 Å². The predicted molar refractivity (Wildman–Crippen MR) is 144 cm³/mol. The van der Waals surface area contributed by atoms with Gasteiger partial charge in [0.25, 0.3) is 11.8 Å². The topological polar surface area (TPSA) is 144 Å². The molecule has 1 aromatic carbocycles. The van der Waals surface area contributed by atoms with Crippen LogP contribution < -0.4 is 16.5 Å². The molecule has 10 heteroatoms. The van der Waals surface area contributed by atoms with Crippen LogP contribution in [0.15, 0.2) is 36.4 Å². The van der Waals surface area contributed by atoms with Gasteiger partial charge in [0, 0.05) is 17.6 Å². The number of nitrogens with one attached hydrogen (secondary N) is 2. The van der Waals surface area contributed by atoms with Crippen LogP contribution in [0.1, 0.15) is 58.7 Å². The van der Waals surface area contributed by atoms with Gasteiger partial charge in [-0.05, 0) is 64.7 Å². The molecule has 3 atom stereocenters. The van der Waals surface area contributed by atoms with E-state index in [-0.39, 0.29) is 0 Å². The summed E-state index contributed by atoms with van der Waals surface area (Å²) in [6, 6.07) is 8.41. The van der Waals surface area contributed by atoms with Crippen molar-refractivity contribution in [3.05, 3.63) is 47.7 Å². The molecule has 2 heterocycles. The van der Waals surface area contributed by atoms with E-state index in [0.717, 1.165) is 28.6 Å². The number of aromatic nitrogens is 1. The van der Waals surface area contributed by atoms with Gasteiger partial charge in [0.1, 0.15) is 12.1 Å². The summed E-state index contributed by atoms with van der Waals surface area (Å²) < 4.78 is 5.42. The van der Waals surface area contributed by atoms with Crippen molar-refractivity contribution in [1.82, 2.24) is 20.7 Å². The Hall–Kier alpha value is -3.79. The van der Waals surface area contributed by atoms with E-state index in [2.05, 4.69) is 22.7 Å². The fraction of sp³-hybridized carbons (Fsp3) is 0.464. The van der Waals surface area contributed by atoms with Gasteiger partial charge in [0.15, 0.2) is 6.10 Å². The summed E-state index contributed by atoms with van der Waals surface area (Å²) in [5.41, 5.74) is 9.89. The molecule has 0 spiro atoms. The van der Waals surface area contributed by atoms with Gasteiger partial charge >= 0.3 is 5.97 Å². The van der Waals surface area contributed by atoms with Crippen molar-refractivity contribution in [3.8, 4) is 0 Å². The Labute approximate surface area is 223 Å². The lowest BCUT2D eigenvalue weighted by atomic mass is 9.92. The SMILES string of the molecule is CCc1ccc2ccc(/C=C/C(C)(C)C(=O)OC(C)C(=O)NC(C)C(=O)N3CCCC(C(N)=O)N3)cc2n1. The minimum absolute atomic E-state index is 0.390. The van der Waals surface area contributed by atoms with Crippen molar-refractivity contribution in [2.45, 2.75) is 72.1 Å². The summed E-state index contributed by atoms with van der Waals surface area (Å²) in [7, 11) is 0. The molecule has 4 N–H and O–H groups in total. The van der Waals surface area contributed by atoms with Crippen molar-refractivity contribution in [3.63, 3.8) is 0 Å². The molecule has 3 amide bonds. The van der Waals surface area contributed by atoms with Crippen LogP contribution in [0.3, 0.4) is 0 Å². The third-order valence-corrected chi connectivity index (χ3v) is 6.53. The maximum absolute atomic E-state index is 12.9. The molecule has 0 saturated carbocycles. The van der Waals surface area contributed by atoms with Gasteiger partial charge in [0.05, 0.1) is 10.9 Å². The minimum atomic E-state index is -1.12. The number of aryl methyl sites for hydroxylation is 1. The highest BCUT2D eigenvalue weighted by Gasteiger charge is 2.33. The zero-order valence-corrected chi connectivity index (χ0v) is 22.6. The molecule has 0 radical (unpaired) electrons. The molecule has 3 rings (SSSR count). The van der Waals surface area contributed by atoms with E-state index in [0.29, 0.717) is 19.4 Å². The van der Waals surface area contributed by atoms with Gasteiger partial charge in [-0.15, -0.1) is 0 Å². The highest BCUT2D eigenvalue weighted by molar-refractivity contribution is 5.91. The summed E-state index contributed by atoms with van der Waals surface area (Å²) in [6.45, 7) is 8.83. The summed E-state index contributed by atoms with van der Waals surface area (Å²) >= 11 is 0. The highest BCUT2D eigenvalue weighted by atomic mass is 16.5. The summed E-state index contributed by atoms with van der Waals surface area (Å²) in [4.78, 5) is 54.3. The molecule has 1 aliphatic rings. The van der Waals surface area contributed by atoms with E-state index in [1.165, 1.54) is 18.9 Å². The molecule has 0 aliphatic carbocycles. The van der Waals surface area contributed by atoms with Crippen molar-refractivity contribution >= 4 is 40.7 Å². The van der Waals surface area contributed by atoms with E-state index < -0.39 is 47.3 Å². The van der Waals surface area contributed by atoms with Gasteiger partial charge in [-0.25, -0.2) is 5.43 Å². The molecule has 1 fully saturated rings. The molecular weight excluding hydrogens is 486 g/mol. The Bertz CT molecular complexity index is 1240. The Kier molecular flexibility index (Phi) is 9.22. The minimum Gasteiger partial charge on any atom is -0.452 e. The number of amides is 3. The number of carbonyl (C=O) groups excluding carboxylic acids is 4. The fourth-order valence-corrected chi connectivity index (χ4v) is 3.99. The number of ether oxygens (including phenoxy) is 1. The second-order valence-electron chi connectivity index (χ2n) is 10.2. The van der Waals surface area contributed by atoms with E-state index in [4.69, 9.17) is 10.5 Å². The van der Waals surface area contributed by atoms with Crippen LogP contribution >= 0.6 is 0 Å². The first-order valence-electron chi connectivity index (χ1n) is 12.9. The van der Waals surface area contributed by atoms with Gasteiger partial charge < -0.3 is 15.8 Å². The molecule has 1 aromatic heterocycles. The van der Waals surface area contributed by atoms with Crippen LogP contribution in [0.4, 0.5) is 0 Å². The number of primary amides is 1. The maximum Gasteiger partial charge on any atom is 0.316 e.